The molecule has 2 rings (SSSR count). The Morgan fingerprint density at radius 1 is 1.23 bits per heavy atom. The quantitative estimate of drug-likeness (QED) is 0.430. The number of carbonyl (C=O) groups is 2. The smallest absolute Gasteiger partial charge is 0.361 e. The van der Waals surface area contributed by atoms with Gasteiger partial charge in [0.1, 0.15) is 12.9 Å². The maximum atomic E-state index is 11.7. The lowest BCUT2D eigenvalue weighted by atomic mass is 10.2. The van der Waals surface area contributed by atoms with Gasteiger partial charge in [-0.2, -0.15) is 0 Å². The molecule has 0 N–H and O–H groups in total. The SMILES string of the molecule is C/C=C/COc1cc(C(=O)OC)cc2c1OC(OCC)O2.CC.CC=O. The normalized spacial score (nSPS) is 13.8. The summed E-state index contributed by atoms with van der Waals surface area (Å²) in [5, 5.41) is 0. The first kappa shape index (κ1) is 23.5. The summed E-state index contributed by atoms with van der Waals surface area (Å²) in [6.07, 6.45) is 4.46. The topological polar surface area (TPSA) is 80.3 Å². The highest BCUT2D eigenvalue weighted by Gasteiger charge is 2.30. The van der Waals surface area contributed by atoms with E-state index in [0.29, 0.717) is 36.0 Å². The molecule has 0 saturated carbocycles. The molecule has 146 valence electrons. The van der Waals surface area contributed by atoms with Crippen LogP contribution in [0.1, 0.15) is 45.0 Å². The molecule has 1 atom stereocenters. The third-order valence-electron chi connectivity index (χ3n) is 2.75. The van der Waals surface area contributed by atoms with E-state index in [4.69, 9.17) is 28.5 Å². The van der Waals surface area contributed by atoms with Crippen LogP contribution >= 0.6 is 0 Å². The molecule has 1 unspecified atom stereocenters. The van der Waals surface area contributed by atoms with Crippen LogP contribution in [0.2, 0.25) is 0 Å². The highest BCUT2D eigenvalue weighted by atomic mass is 16.9. The Bertz CT molecular complexity index is 581. The summed E-state index contributed by atoms with van der Waals surface area (Å²) in [4.78, 5) is 20.5. The summed E-state index contributed by atoms with van der Waals surface area (Å²) in [6, 6.07) is 3.11. The number of esters is 1. The van der Waals surface area contributed by atoms with E-state index in [0.717, 1.165) is 6.29 Å². The second kappa shape index (κ2) is 13.7. The molecule has 0 aromatic heterocycles. The standard InChI is InChI=1S/C15H18O6.C2H4O.C2H6/c1-4-6-7-19-11-8-10(14(16)17-3)9-12-13(11)21-15(20-12)18-5-2;1-2-3;1-2/h4,6,8-9,15H,5,7H2,1-3H3;2H,1H3;1-2H3/b6-4+;;. The molecule has 0 radical (unpaired) electrons. The predicted octanol–water partition coefficient (Wildman–Crippen LogP) is 3.75. The molecule has 1 aliphatic heterocycles. The fourth-order valence-electron chi connectivity index (χ4n) is 1.79. The number of aldehydes is 1. The monoisotopic (exact) mass is 368 g/mol. The minimum Gasteiger partial charge on any atom is -0.485 e. The van der Waals surface area contributed by atoms with Crippen LogP contribution < -0.4 is 14.2 Å². The Morgan fingerprint density at radius 3 is 2.42 bits per heavy atom. The number of hydrogen-bond donors (Lipinski definition) is 0. The molecule has 7 nitrogen and oxygen atoms in total. The van der Waals surface area contributed by atoms with Crippen LogP contribution in [0.3, 0.4) is 0 Å². The number of carbonyl (C=O) groups excluding carboxylic acids is 2. The van der Waals surface area contributed by atoms with Crippen molar-refractivity contribution in [3.8, 4) is 17.2 Å². The van der Waals surface area contributed by atoms with Crippen molar-refractivity contribution in [3.63, 3.8) is 0 Å². The molecule has 26 heavy (non-hydrogen) atoms. The molecule has 0 fully saturated rings. The van der Waals surface area contributed by atoms with Crippen molar-refractivity contribution in [1.29, 1.82) is 0 Å². The number of hydrogen-bond acceptors (Lipinski definition) is 7. The average Bonchev–Trinajstić information content (AvgIpc) is 3.06. The lowest BCUT2D eigenvalue weighted by molar-refractivity contribution is -0.173. The summed E-state index contributed by atoms with van der Waals surface area (Å²) in [6.45, 7) is 9.14. The summed E-state index contributed by atoms with van der Waals surface area (Å²) in [5.74, 6) is 0.753. The van der Waals surface area contributed by atoms with Gasteiger partial charge in [0.25, 0.3) is 0 Å². The molecule has 0 spiro atoms. The Kier molecular flexibility index (Phi) is 12.4. The predicted molar refractivity (Wildman–Crippen MR) is 97.8 cm³/mol. The van der Waals surface area contributed by atoms with Gasteiger partial charge in [0.2, 0.25) is 5.75 Å². The van der Waals surface area contributed by atoms with Gasteiger partial charge in [-0.05, 0) is 32.9 Å². The van der Waals surface area contributed by atoms with Gasteiger partial charge in [-0.1, -0.05) is 26.0 Å². The Morgan fingerprint density at radius 2 is 1.88 bits per heavy atom. The number of rotatable bonds is 6. The second-order valence-corrected chi connectivity index (χ2v) is 4.39. The minimum absolute atomic E-state index is 0.326. The maximum absolute atomic E-state index is 11.7. The molecule has 1 aliphatic rings. The number of benzene rings is 1. The fraction of sp³-hybridized carbons (Fsp3) is 0.474. The first-order valence-electron chi connectivity index (χ1n) is 8.46. The number of fused-ring (bicyclic) bond motifs is 1. The number of methoxy groups -OCH3 is 1. The molecule has 0 saturated heterocycles. The molecule has 0 aliphatic carbocycles. The zero-order chi connectivity index (χ0) is 19.9. The van der Waals surface area contributed by atoms with Crippen molar-refractivity contribution in [2.24, 2.45) is 0 Å². The van der Waals surface area contributed by atoms with Crippen LogP contribution in [0.25, 0.3) is 0 Å². The lowest BCUT2D eigenvalue weighted by Crippen LogP contribution is -2.21. The Balaban J connectivity index is 0.00000113. The van der Waals surface area contributed by atoms with Gasteiger partial charge in [-0.25, -0.2) is 4.79 Å². The van der Waals surface area contributed by atoms with Crippen molar-refractivity contribution >= 4 is 12.3 Å². The highest BCUT2D eigenvalue weighted by Crippen LogP contribution is 2.44. The van der Waals surface area contributed by atoms with E-state index in [9.17, 15) is 4.79 Å². The van der Waals surface area contributed by atoms with E-state index in [1.165, 1.54) is 14.0 Å². The van der Waals surface area contributed by atoms with E-state index in [-0.39, 0.29) is 0 Å². The molecule has 0 amide bonds. The van der Waals surface area contributed by atoms with Gasteiger partial charge in [-0.3, -0.25) is 0 Å². The van der Waals surface area contributed by atoms with Gasteiger partial charge in [-0.15, -0.1) is 0 Å². The molecule has 1 aromatic rings. The lowest BCUT2D eigenvalue weighted by Gasteiger charge is -2.10. The van der Waals surface area contributed by atoms with Crippen LogP contribution in [0.5, 0.6) is 17.2 Å². The van der Waals surface area contributed by atoms with Gasteiger partial charge >= 0.3 is 12.4 Å². The summed E-state index contributed by atoms with van der Waals surface area (Å²) in [7, 11) is 1.32. The van der Waals surface area contributed by atoms with Crippen LogP contribution in [-0.2, 0) is 14.3 Å². The van der Waals surface area contributed by atoms with Gasteiger partial charge in [0.05, 0.1) is 19.3 Å². The zero-order valence-electron chi connectivity index (χ0n) is 16.2. The zero-order valence-corrected chi connectivity index (χ0v) is 16.2. The van der Waals surface area contributed by atoms with Crippen molar-refractivity contribution in [3.05, 3.63) is 29.8 Å². The minimum atomic E-state index is -0.832. The van der Waals surface area contributed by atoms with Crippen molar-refractivity contribution in [2.45, 2.75) is 41.1 Å². The van der Waals surface area contributed by atoms with Crippen molar-refractivity contribution in [1.82, 2.24) is 0 Å². The van der Waals surface area contributed by atoms with E-state index in [1.807, 2.05) is 39.8 Å². The van der Waals surface area contributed by atoms with E-state index in [2.05, 4.69) is 0 Å². The molecular formula is C19H28O7. The van der Waals surface area contributed by atoms with Gasteiger partial charge < -0.3 is 28.5 Å². The molecule has 1 heterocycles. The summed E-state index contributed by atoms with van der Waals surface area (Å²) in [5.41, 5.74) is 0.326. The molecular weight excluding hydrogens is 340 g/mol. The third kappa shape index (κ3) is 7.14. The summed E-state index contributed by atoms with van der Waals surface area (Å²) >= 11 is 0. The first-order chi connectivity index (χ1) is 12.6. The average molecular weight is 368 g/mol. The van der Waals surface area contributed by atoms with Crippen LogP contribution in [-0.4, -0.2) is 39.1 Å². The highest BCUT2D eigenvalue weighted by molar-refractivity contribution is 5.91. The fourth-order valence-corrected chi connectivity index (χ4v) is 1.79. The van der Waals surface area contributed by atoms with Gasteiger partial charge in [0, 0.05) is 0 Å². The second-order valence-electron chi connectivity index (χ2n) is 4.39. The van der Waals surface area contributed by atoms with E-state index >= 15 is 0 Å². The third-order valence-corrected chi connectivity index (χ3v) is 2.75. The van der Waals surface area contributed by atoms with Gasteiger partial charge in [0.15, 0.2) is 11.5 Å². The van der Waals surface area contributed by atoms with Crippen molar-refractivity contribution < 1.29 is 33.3 Å². The Labute approximate surface area is 154 Å². The molecule has 7 heteroatoms. The number of ether oxygens (including phenoxy) is 5. The van der Waals surface area contributed by atoms with Crippen LogP contribution in [0, 0.1) is 0 Å². The maximum Gasteiger partial charge on any atom is 0.361 e. The largest absolute Gasteiger partial charge is 0.485 e. The van der Waals surface area contributed by atoms with Crippen molar-refractivity contribution in [2.75, 3.05) is 20.3 Å². The van der Waals surface area contributed by atoms with Crippen LogP contribution in [0.4, 0.5) is 0 Å². The van der Waals surface area contributed by atoms with Crippen LogP contribution in [0.15, 0.2) is 24.3 Å². The summed E-state index contributed by atoms with van der Waals surface area (Å²) < 4.78 is 26.6. The van der Waals surface area contributed by atoms with E-state index in [1.54, 1.807) is 12.1 Å². The first-order valence-corrected chi connectivity index (χ1v) is 8.46. The molecule has 0 bridgehead atoms. The molecule has 1 aromatic carbocycles. The van der Waals surface area contributed by atoms with E-state index < -0.39 is 12.4 Å². The Hall–Kier alpha value is -2.54. The number of allylic oxidation sites excluding steroid dienone is 1.